The highest BCUT2D eigenvalue weighted by Gasteiger charge is 2.51. The Labute approximate surface area is 169 Å². The zero-order chi connectivity index (χ0) is 20.1. The first-order valence-corrected chi connectivity index (χ1v) is 10.7. The fourth-order valence-corrected chi connectivity index (χ4v) is 3.10. The molecule has 1 aliphatic rings. The molecule has 3 rings (SSSR count). The van der Waals surface area contributed by atoms with E-state index in [9.17, 15) is 0 Å². The van der Waals surface area contributed by atoms with Crippen LogP contribution < -0.4 is 11.2 Å². The maximum atomic E-state index is 6.07. The average Bonchev–Trinajstić information content (AvgIpc) is 2.85. The number of hydrogen-bond donors (Lipinski definition) is 1. The molecule has 0 aliphatic carbocycles. The minimum Gasteiger partial charge on any atom is -0.399 e. The van der Waals surface area contributed by atoms with Crippen molar-refractivity contribution in [2.24, 2.45) is 0 Å². The predicted molar refractivity (Wildman–Crippen MR) is 121 cm³/mol. The lowest BCUT2D eigenvalue weighted by Gasteiger charge is -2.32. The molecular formula is C22H32BNO2S. The van der Waals surface area contributed by atoms with Gasteiger partial charge in [0.05, 0.1) is 11.2 Å². The van der Waals surface area contributed by atoms with Crippen LogP contribution in [-0.2, 0) is 9.31 Å². The van der Waals surface area contributed by atoms with Crippen LogP contribution >= 0.6 is 11.8 Å². The molecule has 0 unspecified atom stereocenters. The summed E-state index contributed by atoms with van der Waals surface area (Å²) in [6.45, 7) is 12.6. The Bertz CT molecular complexity index is 696. The Hall–Kier alpha value is -1.43. The summed E-state index contributed by atoms with van der Waals surface area (Å²) in [4.78, 5) is 0. The molecule has 3 nitrogen and oxygen atoms in total. The summed E-state index contributed by atoms with van der Waals surface area (Å²) in [5.41, 5.74) is 9.22. The first kappa shape index (κ1) is 21.9. The van der Waals surface area contributed by atoms with E-state index in [0.717, 1.165) is 22.3 Å². The van der Waals surface area contributed by atoms with Crippen molar-refractivity contribution in [1.29, 1.82) is 0 Å². The number of rotatable bonds is 4. The van der Waals surface area contributed by atoms with Gasteiger partial charge in [-0.15, -0.1) is 0 Å². The van der Waals surface area contributed by atoms with Crippen LogP contribution in [0.1, 0.15) is 41.5 Å². The second-order valence-corrected chi connectivity index (χ2v) is 9.18. The summed E-state index contributed by atoms with van der Waals surface area (Å²) >= 11 is 1.96. The molecule has 0 radical (unpaired) electrons. The van der Waals surface area contributed by atoms with E-state index in [4.69, 9.17) is 15.0 Å². The summed E-state index contributed by atoms with van der Waals surface area (Å²) in [6, 6.07) is 16.2. The topological polar surface area (TPSA) is 44.5 Å². The van der Waals surface area contributed by atoms with Gasteiger partial charge in [-0.3, -0.25) is 0 Å². The number of hydrogen-bond acceptors (Lipinski definition) is 4. The summed E-state index contributed by atoms with van der Waals surface area (Å²) in [5, 5.41) is 0. The predicted octanol–water partition coefficient (Wildman–Crippen LogP) is 4.99. The van der Waals surface area contributed by atoms with Gasteiger partial charge in [0.2, 0.25) is 0 Å². The number of anilines is 1. The van der Waals surface area contributed by atoms with E-state index in [2.05, 4.69) is 65.8 Å². The highest BCUT2D eigenvalue weighted by Crippen LogP contribution is 2.36. The van der Waals surface area contributed by atoms with Gasteiger partial charge in [-0.05, 0) is 67.9 Å². The lowest BCUT2D eigenvalue weighted by atomic mass is 9.78. The lowest BCUT2D eigenvalue weighted by Crippen LogP contribution is -2.41. The summed E-state index contributed by atoms with van der Waals surface area (Å²) < 4.78 is 12.1. The summed E-state index contributed by atoms with van der Waals surface area (Å²) in [7, 11) is -0.314. The molecule has 2 N–H and O–H groups in total. The fraction of sp³-hybridized carbons (Fsp3) is 0.455. The van der Waals surface area contributed by atoms with Crippen molar-refractivity contribution in [3.8, 4) is 11.1 Å². The van der Waals surface area contributed by atoms with Gasteiger partial charge in [0.15, 0.2) is 0 Å². The minimum absolute atomic E-state index is 0.312. The third-order valence-corrected chi connectivity index (χ3v) is 5.90. The fourth-order valence-electron chi connectivity index (χ4n) is 2.69. The zero-order valence-corrected chi connectivity index (χ0v) is 18.2. The third kappa shape index (κ3) is 5.53. The number of nitrogen functional groups attached to an aromatic ring is 1. The largest absolute Gasteiger partial charge is 0.494 e. The normalized spacial score (nSPS) is 17.3. The van der Waals surface area contributed by atoms with Crippen LogP contribution in [-0.4, -0.2) is 29.8 Å². The Morgan fingerprint density at radius 1 is 0.778 bits per heavy atom. The number of thioether (sulfide) groups is 1. The van der Waals surface area contributed by atoms with Gasteiger partial charge in [0.25, 0.3) is 0 Å². The van der Waals surface area contributed by atoms with Gasteiger partial charge < -0.3 is 15.0 Å². The molecule has 2 aromatic rings. The quantitative estimate of drug-likeness (QED) is 0.595. The molecule has 1 heterocycles. The lowest BCUT2D eigenvalue weighted by molar-refractivity contribution is 0.00578. The van der Waals surface area contributed by atoms with Crippen molar-refractivity contribution in [2.45, 2.75) is 52.7 Å². The Morgan fingerprint density at radius 2 is 1.19 bits per heavy atom. The second kappa shape index (κ2) is 9.18. The summed E-state index contributed by atoms with van der Waals surface area (Å²) in [6.07, 6.45) is 0. The molecule has 2 aromatic carbocycles. The SMILES string of the molecule is CC1(C)OB(c2ccc(-c3ccc(N)cc3)cc2)OC1(C)C.CCSCC. The Kier molecular flexibility index (Phi) is 7.43. The van der Waals surface area contributed by atoms with Crippen LogP contribution in [0.15, 0.2) is 48.5 Å². The van der Waals surface area contributed by atoms with Crippen LogP contribution in [0.2, 0.25) is 0 Å². The van der Waals surface area contributed by atoms with Gasteiger partial charge >= 0.3 is 7.12 Å². The monoisotopic (exact) mass is 385 g/mol. The third-order valence-electron chi connectivity index (χ3n) is 5.09. The Balaban J connectivity index is 0.000000465. The van der Waals surface area contributed by atoms with Crippen molar-refractivity contribution in [2.75, 3.05) is 17.2 Å². The molecule has 1 saturated heterocycles. The number of benzene rings is 2. The molecule has 0 atom stereocenters. The molecule has 0 bridgehead atoms. The molecule has 0 amide bonds. The molecule has 1 aliphatic heterocycles. The van der Waals surface area contributed by atoms with E-state index in [-0.39, 0.29) is 18.3 Å². The van der Waals surface area contributed by atoms with Gasteiger partial charge in [-0.2, -0.15) is 11.8 Å². The maximum Gasteiger partial charge on any atom is 0.494 e. The van der Waals surface area contributed by atoms with Gasteiger partial charge in [-0.25, -0.2) is 0 Å². The molecule has 5 heteroatoms. The highest BCUT2D eigenvalue weighted by atomic mass is 32.2. The number of nitrogens with two attached hydrogens (primary N) is 1. The standard InChI is InChI=1S/C18H22BNO2.C4H10S/c1-17(2)18(3,4)22-19(21-17)15-9-5-13(6-10-15)14-7-11-16(20)12-8-14;1-3-5-4-2/h5-12H,20H2,1-4H3;3-4H2,1-2H3. The molecule has 0 saturated carbocycles. The van der Waals surface area contributed by atoms with E-state index in [1.807, 2.05) is 36.0 Å². The smallest absolute Gasteiger partial charge is 0.399 e. The molecular weight excluding hydrogens is 353 g/mol. The van der Waals surface area contributed by atoms with Crippen LogP contribution in [0.4, 0.5) is 5.69 Å². The van der Waals surface area contributed by atoms with Crippen LogP contribution in [0, 0.1) is 0 Å². The maximum absolute atomic E-state index is 6.07. The average molecular weight is 385 g/mol. The molecule has 0 aromatic heterocycles. The van der Waals surface area contributed by atoms with E-state index in [1.54, 1.807) is 0 Å². The first-order valence-electron chi connectivity index (χ1n) is 9.59. The highest BCUT2D eigenvalue weighted by molar-refractivity contribution is 7.99. The van der Waals surface area contributed by atoms with Crippen LogP contribution in [0.5, 0.6) is 0 Å². The van der Waals surface area contributed by atoms with Crippen molar-refractivity contribution in [1.82, 2.24) is 0 Å². The van der Waals surface area contributed by atoms with Crippen LogP contribution in [0.25, 0.3) is 11.1 Å². The van der Waals surface area contributed by atoms with E-state index < -0.39 is 0 Å². The van der Waals surface area contributed by atoms with E-state index in [0.29, 0.717) is 0 Å². The van der Waals surface area contributed by atoms with Gasteiger partial charge in [0.1, 0.15) is 0 Å². The second-order valence-electron chi connectivity index (χ2n) is 7.61. The van der Waals surface area contributed by atoms with E-state index >= 15 is 0 Å². The van der Waals surface area contributed by atoms with Crippen molar-refractivity contribution in [3.05, 3.63) is 48.5 Å². The zero-order valence-electron chi connectivity index (χ0n) is 17.4. The van der Waals surface area contributed by atoms with Crippen molar-refractivity contribution >= 4 is 30.0 Å². The molecule has 0 spiro atoms. The van der Waals surface area contributed by atoms with Gasteiger partial charge in [-0.1, -0.05) is 50.2 Å². The van der Waals surface area contributed by atoms with E-state index in [1.165, 1.54) is 11.5 Å². The van der Waals surface area contributed by atoms with Crippen LogP contribution in [0.3, 0.4) is 0 Å². The minimum atomic E-state index is -0.314. The van der Waals surface area contributed by atoms with Crippen molar-refractivity contribution in [3.63, 3.8) is 0 Å². The summed E-state index contributed by atoms with van der Waals surface area (Å²) in [5.74, 6) is 2.52. The molecule has 27 heavy (non-hydrogen) atoms. The Morgan fingerprint density at radius 3 is 1.56 bits per heavy atom. The molecule has 1 fully saturated rings. The van der Waals surface area contributed by atoms with Gasteiger partial charge in [0, 0.05) is 5.69 Å². The van der Waals surface area contributed by atoms with Crippen molar-refractivity contribution < 1.29 is 9.31 Å². The molecule has 146 valence electrons. The first-order chi connectivity index (χ1) is 12.7.